The minimum absolute atomic E-state index is 0.0595. The minimum atomic E-state index is 0.0595. The van der Waals surface area contributed by atoms with Crippen molar-refractivity contribution >= 4 is 27.5 Å². The summed E-state index contributed by atoms with van der Waals surface area (Å²) in [7, 11) is 0. The topological polar surface area (TPSA) is 51.2 Å². The number of amides is 1. The largest absolute Gasteiger partial charge is 0.487 e. The summed E-state index contributed by atoms with van der Waals surface area (Å²) in [6, 6.07) is 9.63. The van der Waals surface area contributed by atoms with Crippen molar-refractivity contribution in [1.82, 2.24) is 4.98 Å². The Hall–Kier alpha value is -1.88. The molecule has 0 saturated carbocycles. The Morgan fingerprint density at radius 1 is 1.25 bits per heavy atom. The minimum Gasteiger partial charge on any atom is -0.487 e. The van der Waals surface area contributed by atoms with Crippen LogP contribution in [0.15, 0.2) is 41.0 Å². The van der Waals surface area contributed by atoms with Gasteiger partial charge in [0.15, 0.2) is 0 Å². The maximum Gasteiger partial charge on any atom is 0.224 e. The van der Waals surface area contributed by atoms with Gasteiger partial charge in [0, 0.05) is 28.8 Å². The van der Waals surface area contributed by atoms with E-state index in [1.165, 1.54) is 0 Å². The van der Waals surface area contributed by atoms with Gasteiger partial charge in [-0.15, -0.1) is 0 Å². The number of hydrogen-bond donors (Lipinski definition) is 1. The number of aryl methyl sites for hydroxylation is 1. The highest BCUT2D eigenvalue weighted by Gasteiger charge is 2.15. The summed E-state index contributed by atoms with van der Waals surface area (Å²) in [4.78, 5) is 15.6. The van der Waals surface area contributed by atoms with Crippen LogP contribution in [0.5, 0.6) is 5.75 Å². The number of carbonyl (C=O) groups excluding carboxylic acids is 1. The van der Waals surface area contributed by atoms with Crippen molar-refractivity contribution in [2.45, 2.75) is 19.4 Å². The predicted molar refractivity (Wildman–Crippen MR) is 79.7 cm³/mol. The Labute approximate surface area is 125 Å². The van der Waals surface area contributed by atoms with Gasteiger partial charge in [-0.3, -0.25) is 9.78 Å². The summed E-state index contributed by atoms with van der Waals surface area (Å²) in [5, 5.41) is 2.87. The molecule has 1 N–H and O–H groups in total. The third kappa shape index (κ3) is 2.99. The highest BCUT2D eigenvalue weighted by molar-refractivity contribution is 9.10. The fourth-order valence-electron chi connectivity index (χ4n) is 2.09. The molecule has 0 radical (unpaired) electrons. The van der Waals surface area contributed by atoms with Crippen LogP contribution >= 0.6 is 15.9 Å². The van der Waals surface area contributed by atoms with Crippen LogP contribution in [0.4, 0.5) is 5.69 Å². The molecule has 1 aliphatic rings. The maximum atomic E-state index is 11.4. The van der Waals surface area contributed by atoms with Crippen molar-refractivity contribution in [2.75, 3.05) is 5.32 Å². The lowest BCUT2D eigenvalue weighted by atomic mass is 10.0. The molecule has 0 atom stereocenters. The number of pyridine rings is 1. The number of hydrogen-bond acceptors (Lipinski definition) is 3. The zero-order valence-electron chi connectivity index (χ0n) is 10.7. The van der Waals surface area contributed by atoms with Gasteiger partial charge in [-0.1, -0.05) is 6.07 Å². The molecule has 0 bridgehead atoms. The lowest BCUT2D eigenvalue weighted by Crippen LogP contribution is -2.18. The second kappa shape index (κ2) is 5.63. The van der Waals surface area contributed by atoms with Crippen molar-refractivity contribution in [2.24, 2.45) is 0 Å². The molecule has 2 heterocycles. The van der Waals surface area contributed by atoms with Gasteiger partial charge in [-0.05, 0) is 46.1 Å². The van der Waals surface area contributed by atoms with Crippen LogP contribution < -0.4 is 10.1 Å². The summed E-state index contributed by atoms with van der Waals surface area (Å²) in [6.45, 7) is 0.403. The van der Waals surface area contributed by atoms with Gasteiger partial charge in [-0.25, -0.2) is 0 Å². The standard InChI is InChI=1S/C15H13BrN2O2/c16-11-3-4-12(17-8-11)9-20-13-5-1-10-2-6-15(19)18-14(10)7-13/h1,3-5,7-8H,2,6,9H2,(H,18,19). The van der Waals surface area contributed by atoms with E-state index in [-0.39, 0.29) is 5.91 Å². The van der Waals surface area contributed by atoms with Crippen molar-refractivity contribution in [3.8, 4) is 5.75 Å². The van der Waals surface area contributed by atoms with Crippen molar-refractivity contribution in [3.63, 3.8) is 0 Å². The quantitative estimate of drug-likeness (QED) is 0.938. The number of ether oxygens (including phenoxy) is 1. The summed E-state index contributed by atoms with van der Waals surface area (Å²) in [6.07, 6.45) is 3.08. The van der Waals surface area contributed by atoms with Gasteiger partial charge in [-0.2, -0.15) is 0 Å². The summed E-state index contributed by atoms with van der Waals surface area (Å²) < 4.78 is 6.65. The van der Waals surface area contributed by atoms with Gasteiger partial charge in [0.2, 0.25) is 5.91 Å². The molecular formula is C15H13BrN2O2. The number of carbonyl (C=O) groups is 1. The van der Waals surface area contributed by atoms with Crippen LogP contribution in [-0.4, -0.2) is 10.9 Å². The average Bonchev–Trinajstić information content (AvgIpc) is 2.46. The number of anilines is 1. The van der Waals surface area contributed by atoms with Crippen molar-refractivity contribution in [3.05, 3.63) is 52.3 Å². The van der Waals surface area contributed by atoms with Gasteiger partial charge >= 0.3 is 0 Å². The molecule has 0 spiro atoms. The number of benzene rings is 1. The molecule has 5 heteroatoms. The van der Waals surface area contributed by atoms with E-state index in [0.717, 1.165) is 33.6 Å². The third-order valence-corrected chi connectivity index (χ3v) is 3.62. The molecular weight excluding hydrogens is 320 g/mol. The second-order valence-corrected chi connectivity index (χ2v) is 5.54. The van der Waals surface area contributed by atoms with Crippen LogP contribution in [0.2, 0.25) is 0 Å². The number of nitrogens with one attached hydrogen (secondary N) is 1. The molecule has 0 fully saturated rings. The first-order valence-electron chi connectivity index (χ1n) is 6.37. The summed E-state index contributed by atoms with van der Waals surface area (Å²) in [5.41, 5.74) is 2.86. The van der Waals surface area contributed by atoms with Gasteiger partial charge in [0.05, 0.1) is 5.69 Å². The van der Waals surface area contributed by atoms with Crippen LogP contribution in [0.25, 0.3) is 0 Å². The Balaban J connectivity index is 1.70. The average molecular weight is 333 g/mol. The molecule has 1 aromatic carbocycles. The van der Waals surface area contributed by atoms with Crippen molar-refractivity contribution in [1.29, 1.82) is 0 Å². The molecule has 0 unspecified atom stereocenters. The van der Waals surface area contributed by atoms with E-state index in [1.54, 1.807) is 6.20 Å². The molecule has 1 aliphatic heterocycles. The van der Waals surface area contributed by atoms with Crippen LogP contribution in [0, 0.1) is 0 Å². The lowest BCUT2D eigenvalue weighted by molar-refractivity contribution is -0.116. The van der Waals surface area contributed by atoms with Crippen LogP contribution in [0.3, 0.4) is 0 Å². The fraction of sp³-hybridized carbons (Fsp3) is 0.200. The van der Waals surface area contributed by atoms with E-state index < -0.39 is 0 Å². The van der Waals surface area contributed by atoms with E-state index in [2.05, 4.69) is 26.2 Å². The molecule has 0 saturated heterocycles. The molecule has 4 nitrogen and oxygen atoms in total. The Morgan fingerprint density at radius 3 is 2.95 bits per heavy atom. The van der Waals surface area contributed by atoms with Crippen LogP contribution in [-0.2, 0) is 17.8 Å². The highest BCUT2D eigenvalue weighted by atomic mass is 79.9. The maximum absolute atomic E-state index is 11.4. The van der Waals surface area contributed by atoms with Gasteiger partial charge < -0.3 is 10.1 Å². The first-order valence-corrected chi connectivity index (χ1v) is 7.16. The third-order valence-electron chi connectivity index (χ3n) is 3.15. The normalized spacial score (nSPS) is 13.6. The smallest absolute Gasteiger partial charge is 0.224 e. The molecule has 3 rings (SSSR count). The van der Waals surface area contributed by atoms with E-state index in [1.807, 2.05) is 30.3 Å². The first-order chi connectivity index (χ1) is 9.70. The van der Waals surface area contributed by atoms with E-state index in [9.17, 15) is 4.79 Å². The lowest BCUT2D eigenvalue weighted by Gasteiger charge is -2.17. The van der Waals surface area contributed by atoms with E-state index in [0.29, 0.717) is 13.0 Å². The highest BCUT2D eigenvalue weighted by Crippen LogP contribution is 2.27. The second-order valence-electron chi connectivity index (χ2n) is 4.62. The Morgan fingerprint density at radius 2 is 2.15 bits per heavy atom. The SMILES string of the molecule is O=C1CCc2ccc(OCc3ccc(Br)cn3)cc2N1. The molecule has 1 amide bonds. The van der Waals surface area contributed by atoms with Gasteiger partial charge in [0.1, 0.15) is 12.4 Å². The monoisotopic (exact) mass is 332 g/mol. The number of rotatable bonds is 3. The molecule has 20 heavy (non-hydrogen) atoms. The zero-order chi connectivity index (χ0) is 13.9. The number of aromatic nitrogens is 1. The zero-order valence-corrected chi connectivity index (χ0v) is 12.3. The first kappa shape index (κ1) is 13.1. The van der Waals surface area contributed by atoms with E-state index >= 15 is 0 Å². The number of halogens is 1. The summed E-state index contributed by atoms with van der Waals surface area (Å²) in [5.74, 6) is 0.792. The fourth-order valence-corrected chi connectivity index (χ4v) is 2.32. The van der Waals surface area contributed by atoms with Crippen LogP contribution in [0.1, 0.15) is 17.7 Å². The van der Waals surface area contributed by atoms with Crippen molar-refractivity contribution < 1.29 is 9.53 Å². The molecule has 2 aromatic rings. The summed E-state index contributed by atoms with van der Waals surface area (Å²) >= 11 is 3.34. The molecule has 0 aliphatic carbocycles. The Kier molecular flexibility index (Phi) is 3.69. The molecule has 1 aromatic heterocycles. The Bertz CT molecular complexity index is 641. The number of nitrogens with zero attached hydrogens (tertiary/aromatic N) is 1. The van der Waals surface area contributed by atoms with Gasteiger partial charge in [0.25, 0.3) is 0 Å². The predicted octanol–water partition coefficient (Wildman–Crippen LogP) is 3.31. The number of fused-ring (bicyclic) bond motifs is 1. The van der Waals surface area contributed by atoms with E-state index in [4.69, 9.17) is 4.74 Å². The molecule has 102 valence electrons.